The first-order chi connectivity index (χ1) is 10.6. The second kappa shape index (κ2) is 5.95. The van der Waals surface area contributed by atoms with Crippen LogP contribution in [0.4, 0.5) is 11.4 Å². The van der Waals surface area contributed by atoms with Gasteiger partial charge in [0.2, 0.25) is 0 Å². The number of rotatable bonds is 2. The average Bonchev–Trinajstić information content (AvgIpc) is 2.52. The molecule has 0 unspecified atom stereocenters. The van der Waals surface area contributed by atoms with Crippen LogP contribution >= 0.6 is 23.2 Å². The summed E-state index contributed by atoms with van der Waals surface area (Å²) in [5.74, 6) is 0.260. The van der Waals surface area contributed by atoms with Crippen molar-refractivity contribution in [2.45, 2.75) is 6.92 Å². The van der Waals surface area contributed by atoms with Gasteiger partial charge in [-0.1, -0.05) is 47.5 Å². The van der Waals surface area contributed by atoms with E-state index in [0.717, 1.165) is 16.3 Å². The lowest BCUT2D eigenvalue weighted by Gasteiger charge is -2.07. The van der Waals surface area contributed by atoms with Crippen LogP contribution in [0.5, 0.6) is 5.75 Å². The molecule has 0 aliphatic heterocycles. The van der Waals surface area contributed by atoms with E-state index >= 15 is 0 Å². The molecule has 0 aromatic heterocycles. The normalized spacial score (nSPS) is 11.4. The Morgan fingerprint density at radius 1 is 0.864 bits per heavy atom. The van der Waals surface area contributed by atoms with E-state index in [1.807, 2.05) is 31.2 Å². The van der Waals surface area contributed by atoms with E-state index in [2.05, 4.69) is 10.2 Å². The van der Waals surface area contributed by atoms with Crippen molar-refractivity contribution in [2.75, 3.05) is 0 Å². The number of azo groups is 1. The summed E-state index contributed by atoms with van der Waals surface area (Å²) in [6, 6.07) is 14.3. The molecule has 0 aliphatic rings. The highest BCUT2D eigenvalue weighted by Crippen LogP contribution is 2.37. The molecule has 3 aromatic carbocycles. The topological polar surface area (TPSA) is 45.0 Å². The highest BCUT2D eigenvalue weighted by molar-refractivity contribution is 6.35. The second-order valence-electron chi connectivity index (χ2n) is 4.90. The quantitative estimate of drug-likeness (QED) is 0.530. The number of hydrogen-bond acceptors (Lipinski definition) is 3. The second-order valence-corrected chi connectivity index (χ2v) is 5.75. The Morgan fingerprint density at radius 2 is 1.55 bits per heavy atom. The van der Waals surface area contributed by atoms with Gasteiger partial charge in [-0.05, 0) is 36.8 Å². The molecular formula is C17H12Cl2N2O. The molecule has 0 spiro atoms. The lowest BCUT2D eigenvalue weighted by atomic mass is 10.0. The predicted molar refractivity (Wildman–Crippen MR) is 91.0 cm³/mol. The number of hydrogen-bond donors (Lipinski definition) is 1. The molecule has 110 valence electrons. The van der Waals surface area contributed by atoms with Crippen LogP contribution in [0.25, 0.3) is 10.8 Å². The third-order valence-electron chi connectivity index (χ3n) is 3.36. The van der Waals surface area contributed by atoms with Crippen molar-refractivity contribution in [3.8, 4) is 5.75 Å². The lowest BCUT2D eigenvalue weighted by Crippen LogP contribution is -1.80. The Labute approximate surface area is 137 Å². The molecule has 3 nitrogen and oxygen atoms in total. The number of aryl methyl sites for hydroxylation is 1. The van der Waals surface area contributed by atoms with Gasteiger partial charge >= 0.3 is 0 Å². The molecule has 0 saturated carbocycles. The first-order valence-electron chi connectivity index (χ1n) is 6.64. The van der Waals surface area contributed by atoms with Crippen molar-refractivity contribution in [2.24, 2.45) is 10.2 Å². The summed E-state index contributed by atoms with van der Waals surface area (Å²) >= 11 is 12.0. The Morgan fingerprint density at radius 3 is 2.32 bits per heavy atom. The highest BCUT2D eigenvalue weighted by atomic mass is 35.5. The minimum Gasteiger partial charge on any atom is -0.507 e. The summed E-state index contributed by atoms with van der Waals surface area (Å²) < 4.78 is 0. The van der Waals surface area contributed by atoms with Crippen LogP contribution in [0.1, 0.15) is 5.56 Å². The number of nitrogens with zero attached hydrogens (tertiary/aromatic N) is 2. The Bertz CT molecular complexity index is 891. The first kappa shape index (κ1) is 14.8. The maximum Gasteiger partial charge on any atom is 0.126 e. The fourth-order valence-corrected chi connectivity index (χ4v) is 2.55. The maximum atomic E-state index is 10.1. The smallest absolute Gasteiger partial charge is 0.126 e. The van der Waals surface area contributed by atoms with E-state index in [1.54, 1.807) is 24.3 Å². The summed E-state index contributed by atoms with van der Waals surface area (Å²) in [6.45, 7) is 1.83. The van der Waals surface area contributed by atoms with Gasteiger partial charge in [0.05, 0.1) is 10.7 Å². The SMILES string of the molecule is Cc1cc(N=Nc2cc(Cl)ccc2Cl)c2ccccc2c1O. The Balaban J connectivity index is 2.13. The fourth-order valence-electron chi connectivity index (χ4n) is 2.23. The van der Waals surface area contributed by atoms with Crippen LogP contribution in [-0.2, 0) is 0 Å². The van der Waals surface area contributed by atoms with Gasteiger partial charge in [-0.25, -0.2) is 0 Å². The molecule has 0 saturated heterocycles. The van der Waals surface area contributed by atoms with Gasteiger partial charge < -0.3 is 5.11 Å². The minimum atomic E-state index is 0.260. The van der Waals surface area contributed by atoms with E-state index in [9.17, 15) is 5.11 Å². The van der Waals surface area contributed by atoms with Crippen LogP contribution in [0, 0.1) is 6.92 Å². The number of phenols is 1. The molecule has 1 N–H and O–H groups in total. The summed E-state index contributed by atoms with van der Waals surface area (Å²) in [5.41, 5.74) is 1.91. The molecule has 0 amide bonds. The number of halogens is 2. The number of benzene rings is 3. The van der Waals surface area contributed by atoms with Crippen molar-refractivity contribution >= 4 is 45.3 Å². The van der Waals surface area contributed by atoms with Gasteiger partial charge in [0.25, 0.3) is 0 Å². The monoisotopic (exact) mass is 330 g/mol. The molecule has 5 heteroatoms. The van der Waals surface area contributed by atoms with Gasteiger partial charge in [0.1, 0.15) is 11.4 Å². The minimum absolute atomic E-state index is 0.260. The number of aromatic hydroxyl groups is 1. The van der Waals surface area contributed by atoms with Crippen molar-refractivity contribution in [3.63, 3.8) is 0 Å². The molecular weight excluding hydrogens is 319 g/mol. The molecule has 0 aliphatic carbocycles. The molecule has 3 aromatic rings. The first-order valence-corrected chi connectivity index (χ1v) is 7.40. The summed E-state index contributed by atoms with van der Waals surface area (Å²) in [4.78, 5) is 0. The van der Waals surface area contributed by atoms with Gasteiger partial charge in [0.15, 0.2) is 0 Å². The maximum absolute atomic E-state index is 10.1. The third kappa shape index (κ3) is 2.78. The molecule has 0 bridgehead atoms. The van der Waals surface area contributed by atoms with E-state index in [0.29, 0.717) is 21.4 Å². The van der Waals surface area contributed by atoms with Gasteiger partial charge in [-0.3, -0.25) is 0 Å². The standard InChI is InChI=1S/C17H12Cl2N2O/c1-10-8-15(12-4-2-3-5-13(12)17(10)22)20-21-16-9-11(18)6-7-14(16)19/h2-9,22H,1H3. The van der Waals surface area contributed by atoms with Crippen LogP contribution in [0.3, 0.4) is 0 Å². The van der Waals surface area contributed by atoms with E-state index < -0.39 is 0 Å². The summed E-state index contributed by atoms with van der Waals surface area (Å²) in [5, 5.41) is 21.2. The molecule has 3 rings (SSSR count). The number of fused-ring (bicyclic) bond motifs is 1. The van der Waals surface area contributed by atoms with Crippen LogP contribution < -0.4 is 0 Å². The van der Waals surface area contributed by atoms with E-state index in [4.69, 9.17) is 23.2 Å². The van der Waals surface area contributed by atoms with E-state index in [-0.39, 0.29) is 5.75 Å². The summed E-state index contributed by atoms with van der Waals surface area (Å²) in [6.07, 6.45) is 0. The molecule has 0 radical (unpaired) electrons. The van der Waals surface area contributed by atoms with Crippen molar-refractivity contribution in [1.82, 2.24) is 0 Å². The zero-order valence-electron chi connectivity index (χ0n) is 11.7. The van der Waals surface area contributed by atoms with E-state index in [1.165, 1.54) is 0 Å². The van der Waals surface area contributed by atoms with Crippen LogP contribution in [0.2, 0.25) is 10.0 Å². The van der Waals surface area contributed by atoms with Crippen molar-refractivity contribution in [3.05, 3.63) is 64.1 Å². The zero-order chi connectivity index (χ0) is 15.7. The van der Waals surface area contributed by atoms with Gasteiger partial charge in [-0.15, -0.1) is 10.2 Å². The van der Waals surface area contributed by atoms with Crippen molar-refractivity contribution < 1.29 is 5.11 Å². The Hall–Kier alpha value is -2.10. The van der Waals surface area contributed by atoms with Crippen molar-refractivity contribution in [1.29, 1.82) is 0 Å². The average molecular weight is 331 g/mol. The lowest BCUT2D eigenvalue weighted by molar-refractivity contribution is 0.477. The Kier molecular flexibility index (Phi) is 4.01. The zero-order valence-corrected chi connectivity index (χ0v) is 13.2. The van der Waals surface area contributed by atoms with Gasteiger partial charge in [-0.2, -0.15) is 0 Å². The molecule has 0 atom stereocenters. The largest absolute Gasteiger partial charge is 0.507 e. The van der Waals surface area contributed by atoms with Crippen LogP contribution in [-0.4, -0.2) is 5.11 Å². The number of phenolic OH excluding ortho intramolecular Hbond substituents is 1. The van der Waals surface area contributed by atoms with Gasteiger partial charge in [0, 0.05) is 15.8 Å². The third-order valence-corrected chi connectivity index (χ3v) is 3.91. The predicted octanol–water partition coefficient (Wildman–Crippen LogP) is 6.58. The highest BCUT2D eigenvalue weighted by Gasteiger charge is 2.08. The fraction of sp³-hybridized carbons (Fsp3) is 0.0588. The summed E-state index contributed by atoms with van der Waals surface area (Å²) in [7, 11) is 0. The molecule has 22 heavy (non-hydrogen) atoms. The molecule has 0 fully saturated rings. The van der Waals surface area contributed by atoms with Crippen LogP contribution in [0.15, 0.2) is 58.8 Å². The molecule has 0 heterocycles.